The zero-order valence-electron chi connectivity index (χ0n) is 21.5. The third-order valence-electron chi connectivity index (χ3n) is 8.63. The molecule has 0 aliphatic heterocycles. The van der Waals surface area contributed by atoms with E-state index in [9.17, 15) is 0 Å². The summed E-state index contributed by atoms with van der Waals surface area (Å²) in [5.41, 5.74) is 12.6. The Morgan fingerprint density at radius 1 is 0.737 bits per heavy atom. The minimum atomic E-state index is 0.416. The van der Waals surface area contributed by atoms with Crippen LogP contribution in [0.25, 0.3) is 45.2 Å². The molecule has 0 bridgehead atoms. The molecule has 3 aliphatic carbocycles. The van der Waals surface area contributed by atoms with Crippen LogP contribution in [0.15, 0.2) is 103 Å². The van der Waals surface area contributed by atoms with Crippen LogP contribution < -0.4 is 0 Å². The monoisotopic (exact) mass is 490 g/mol. The van der Waals surface area contributed by atoms with E-state index in [1.165, 1.54) is 55.6 Å². The number of allylic oxidation sites excluding steroid dienone is 6. The zero-order valence-corrected chi connectivity index (χ0v) is 21.5. The Bertz CT molecular complexity index is 1840. The molecule has 8 rings (SSSR count). The summed E-state index contributed by atoms with van der Waals surface area (Å²) < 4.78 is 5.12. The number of fused-ring (bicyclic) bond motifs is 6. The molecule has 1 atom stereocenters. The van der Waals surface area contributed by atoms with Crippen LogP contribution in [0.2, 0.25) is 0 Å². The molecule has 0 spiro atoms. The van der Waals surface area contributed by atoms with Gasteiger partial charge in [-0.05, 0) is 79.2 Å². The van der Waals surface area contributed by atoms with Gasteiger partial charge >= 0.3 is 0 Å². The van der Waals surface area contributed by atoms with Crippen molar-refractivity contribution in [3.8, 4) is 5.69 Å². The van der Waals surface area contributed by atoms with Crippen molar-refractivity contribution in [3.63, 3.8) is 0 Å². The van der Waals surface area contributed by atoms with Crippen LogP contribution in [0, 0.1) is 0 Å². The third-order valence-corrected chi connectivity index (χ3v) is 8.63. The number of rotatable bonds is 3. The lowest BCUT2D eigenvalue weighted by Gasteiger charge is -2.24. The van der Waals surface area contributed by atoms with E-state index in [1.54, 1.807) is 5.56 Å². The lowest BCUT2D eigenvalue weighted by Crippen LogP contribution is -2.14. The Labute approximate surface area is 223 Å². The van der Waals surface area contributed by atoms with Crippen LogP contribution in [-0.2, 0) is 12.8 Å². The highest BCUT2D eigenvalue weighted by Crippen LogP contribution is 2.43. The largest absolute Gasteiger partial charge is 0.337 e. The molecule has 0 fully saturated rings. The van der Waals surface area contributed by atoms with Gasteiger partial charge in [0.2, 0.25) is 0 Å². The van der Waals surface area contributed by atoms with Gasteiger partial charge in [-0.3, -0.25) is 0 Å². The van der Waals surface area contributed by atoms with Crippen LogP contribution >= 0.6 is 0 Å². The maximum absolute atomic E-state index is 2.65. The molecule has 3 aliphatic rings. The fourth-order valence-electron chi connectivity index (χ4n) is 7.00. The maximum Gasteiger partial charge on any atom is 0.0616 e. The molecule has 2 nitrogen and oxygen atoms in total. The standard InChI is InChI=1S/C36H30N2/c1-3-12-26(13-4-1)37-33-20-9-8-17-30(33)32-24-25(22-23-35(32)37)28-18-11-19-31-29-16-7-10-21-34(29)38(36(28)31)27-14-5-2-6-15-27/h1-7,9-12,14-16,18-21,24,26H,8,13,17,22-23H2. The first-order valence-electron chi connectivity index (χ1n) is 13.9. The molecule has 0 saturated heterocycles. The van der Waals surface area contributed by atoms with Crippen LogP contribution in [-0.4, -0.2) is 9.13 Å². The summed E-state index contributed by atoms with van der Waals surface area (Å²) in [4.78, 5) is 0. The SMILES string of the molecule is C1=CCC(n2c3c(c4c2CCC(c2cccc5c6ccccc6n(-c6ccccc6)c25)=C4)CCC=C3)C=C1. The predicted molar refractivity (Wildman–Crippen MR) is 161 cm³/mol. The Balaban J connectivity index is 1.37. The van der Waals surface area contributed by atoms with Gasteiger partial charge in [-0.25, -0.2) is 0 Å². The highest BCUT2D eigenvalue weighted by atomic mass is 15.0. The number of para-hydroxylation sites is 3. The minimum absolute atomic E-state index is 0.416. The van der Waals surface area contributed by atoms with Gasteiger partial charge in [0.15, 0.2) is 0 Å². The van der Waals surface area contributed by atoms with Crippen molar-refractivity contribution in [2.45, 2.75) is 38.1 Å². The Kier molecular flexibility index (Phi) is 4.94. The fourth-order valence-corrected chi connectivity index (χ4v) is 7.00. The fraction of sp³-hybridized carbons (Fsp3) is 0.167. The van der Waals surface area contributed by atoms with Crippen molar-refractivity contribution in [3.05, 3.63) is 131 Å². The maximum atomic E-state index is 2.65. The van der Waals surface area contributed by atoms with Gasteiger partial charge in [0.1, 0.15) is 0 Å². The molecule has 0 saturated carbocycles. The molecule has 0 amide bonds. The van der Waals surface area contributed by atoms with Crippen molar-refractivity contribution in [2.24, 2.45) is 0 Å². The average Bonchev–Trinajstić information content (AvgIpc) is 3.51. The Morgan fingerprint density at radius 3 is 2.50 bits per heavy atom. The average molecular weight is 491 g/mol. The van der Waals surface area contributed by atoms with Crippen LogP contribution in [0.3, 0.4) is 0 Å². The van der Waals surface area contributed by atoms with Crippen molar-refractivity contribution in [1.29, 1.82) is 0 Å². The van der Waals surface area contributed by atoms with Gasteiger partial charge in [0.25, 0.3) is 0 Å². The normalized spacial score (nSPS) is 18.1. The summed E-state index contributed by atoms with van der Waals surface area (Å²) in [6.07, 6.45) is 21.8. The van der Waals surface area contributed by atoms with E-state index in [0.717, 1.165) is 32.1 Å². The van der Waals surface area contributed by atoms with Gasteiger partial charge in [-0.2, -0.15) is 0 Å². The number of aromatic nitrogens is 2. The van der Waals surface area contributed by atoms with E-state index >= 15 is 0 Å². The van der Waals surface area contributed by atoms with E-state index in [1.807, 2.05) is 0 Å². The van der Waals surface area contributed by atoms with Gasteiger partial charge in [-0.1, -0.05) is 85.0 Å². The topological polar surface area (TPSA) is 9.86 Å². The molecule has 2 heteroatoms. The molecule has 0 radical (unpaired) electrons. The molecule has 0 N–H and O–H groups in total. The lowest BCUT2D eigenvalue weighted by atomic mass is 9.88. The molecule has 2 heterocycles. The van der Waals surface area contributed by atoms with Gasteiger partial charge in [0.05, 0.1) is 17.1 Å². The van der Waals surface area contributed by atoms with E-state index in [2.05, 4.69) is 124 Å². The summed E-state index contributed by atoms with van der Waals surface area (Å²) >= 11 is 0. The number of nitrogens with zero attached hydrogens (tertiary/aromatic N) is 2. The summed E-state index contributed by atoms with van der Waals surface area (Å²) in [6.45, 7) is 0. The molecule has 1 unspecified atom stereocenters. The van der Waals surface area contributed by atoms with E-state index in [-0.39, 0.29) is 0 Å². The van der Waals surface area contributed by atoms with Gasteiger partial charge in [0, 0.05) is 33.4 Å². The Morgan fingerprint density at radius 2 is 1.61 bits per heavy atom. The molecular weight excluding hydrogens is 460 g/mol. The Hall–Kier alpha value is -4.30. The molecule has 38 heavy (non-hydrogen) atoms. The second kappa shape index (κ2) is 8.63. The number of hydrogen-bond acceptors (Lipinski definition) is 0. The quantitative estimate of drug-likeness (QED) is 0.239. The highest BCUT2D eigenvalue weighted by Gasteiger charge is 2.28. The first-order chi connectivity index (χ1) is 18.9. The minimum Gasteiger partial charge on any atom is -0.337 e. The summed E-state index contributed by atoms with van der Waals surface area (Å²) in [5.74, 6) is 0. The second-order valence-corrected chi connectivity index (χ2v) is 10.7. The molecule has 184 valence electrons. The van der Waals surface area contributed by atoms with E-state index < -0.39 is 0 Å². The van der Waals surface area contributed by atoms with Crippen molar-refractivity contribution >= 4 is 39.5 Å². The summed E-state index contributed by atoms with van der Waals surface area (Å²) in [5, 5.41) is 2.64. The van der Waals surface area contributed by atoms with Crippen molar-refractivity contribution in [2.75, 3.05) is 0 Å². The molecular formula is C36H30N2. The van der Waals surface area contributed by atoms with Crippen LogP contribution in [0.4, 0.5) is 0 Å². The molecule has 5 aromatic rings. The zero-order chi connectivity index (χ0) is 25.1. The first-order valence-corrected chi connectivity index (χ1v) is 13.9. The number of benzene rings is 3. The smallest absolute Gasteiger partial charge is 0.0616 e. The van der Waals surface area contributed by atoms with Gasteiger partial charge < -0.3 is 9.13 Å². The number of hydrogen-bond donors (Lipinski definition) is 0. The van der Waals surface area contributed by atoms with E-state index in [0.29, 0.717) is 6.04 Å². The first kappa shape index (κ1) is 21.8. The molecule has 3 aromatic carbocycles. The molecule has 2 aromatic heterocycles. The summed E-state index contributed by atoms with van der Waals surface area (Å²) in [6, 6.07) is 27.0. The van der Waals surface area contributed by atoms with Crippen molar-refractivity contribution < 1.29 is 0 Å². The predicted octanol–water partition coefficient (Wildman–Crippen LogP) is 9.09. The summed E-state index contributed by atoms with van der Waals surface area (Å²) in [7, 11) is 0. The van der Waals surface area contributed by atoms with Gasteiger partial charge in [-0.15, -0.1) is 0 Å². The van der Waals surface area contributed by atoms with E-state index in [4.69, 9.17) is 0 Å². The van der Waals surface area contributed by atoms with Crippen molar-refractivity contribution in [1.82, 2.24) is 9.13 Å². The second-order valence-electron chi connectivity index (χ2n) is 10.7. The van der Waals surface area contributed by atoms with Crippen LogP contribution in [0.1, 0.15) is 53.4 Å². The van der Waals surface area contributed by atoms with Crippen LogP contribution in [0.5, 0.6) is 0 Å². The highest BCUT2D eigenvalue weighted by molar-refractivity contribution is 6.13. The third kappa shape index (κ3) is 3.20. The lowest BCUT2D eigenvalue weighted by molar-refractivity contribution is 0.576.